The Kier molecular flexibility index (Phi) is 6.22. The van der Waals surface area contributed by atoms with Gasteiger partial charge in [0.2, 0.25) is 5.91 Å². The predicted octanol–water partition coefficient (Wildman–Crippen LogP) is 0.773. The molecule has 9 heteroatoms. The molecule has 2 amide bonds. The zero-order chi connectivity index (χ0) is 20.1. The van der Waals surface area contributed by atoms with Crippen molar-refractivity contribution in [2.45, 2.75) is 56.0 Å². The molecular weight excluding hydrogens is 361 g/mol. The van der Waals surface area contributed by atoms with E-state index >= 15 is 0 Å². The first-order valence-electron chi connectivity index (χ1n) is 9.48. The molecule has 28 heavy (non-hydrogen) atoms. The van der Waals surface area contributed by atoms with E-state index in [2.05, 4.69) is 5.32 Å². The molecule has 2 bridgehead atoms. The van der Waals surface area contributed by atoms with Gasteiger partial charge in [-0.2, -0.15) is 5.26 Å². The van der Waals surface area contributed by atoms with Crippen LogP contribution in [0.4, 0.5) is 4.79 Å². The van der Waals surface area contributed by atoms with E-state index < -0.39 is 24.7 Å². The Balaban J connectivity index is 1.58. The second kappa shape index (κ2) is 8.63. The maximum atomic E-state index is 12.3. The van der Waals surface area contributed by atoms with Gasteiger partial charge < -0.3 is 25.0 Å². The lowest BCUT2D eigenvalue weighted by Gasteiger charge is -2.34. The van der Waals surface area contributed by atoms with Crippen molar-refractivity contribution in [1.82, 2.24) is 10.2 Å². The molecule has 2 saturated heterocycles. The van der Waals surface area contributed by atoms with Gasteiger partial charge in [-0.1, -0.05) is 30.3 Å². The molecule has 3 N–H and O–H groups in total. The number of nitrogens with zero attached hydrogens (tertiary/aromatic N) is 2. The molecule has 0 saturated carbocycles. The molecule has 2 fully saturated rings. The van der Waals surface area contributed by atoms with Crippen molar-refractivity contribution in [3.05, 3.63) is 35.9 Å². The van der Waals surface area contributed by atoms with Gasteiger partial charge in [0.05, 0.1) is 17.5 Å². The number of hydrogen-bond donors (Lipinski definition) is 3. The van der Waals surface area contributed by atoms with Crippen molar-refractivity contribution in [1.29, 1.82) is 5.26 Å². The van der Waals surface area contributed by atoms with Gasteiger partial charge in [0.1, 0.15) is 13.0 Å². The van der Waals surface area contributed by atoms with Gasteiger partial charge in [0.25, 0.3) is 0 Å². The molecule has 2 heterocycles. The van der Waals surface area contributed by atoms with Gasteiger partial charge in [0, 0.05) is 6.04 Å². The average molecular weight is 385 g/mol. The fourth-order valence-corrected chi connectivity index (χ4v) is 4.35. The summed E-state index contributed by atoms with van der Waals surface area (Å²) in [5.41, 5.74) is 0.296. The van der Waals surface area contributed by atoms with E-state index in [0.717, 1.165) is 31.2 Å². The van der Waals surface area contributed by atoms with Crippen LogP contribution in [0.25, 0.3) is 0 Å². The van der Waals surface area contributed by atoms with Gasteiger partial charge in [-0.05, 0) is 37.7 Å². The fourth-order valence-electron chi connectivity index (χ4n) is 4.35. The number of alkyl carbamates (subject to hydrolysis) is 1. The Hall–Kier alpha value is -2.57. The maximum Gasteiger partial charge on any atom is 0.475 e. The first-order chi connectivity index (χ1) is 13.4. The topological polar surface area (TPSA) is 123 Å². The molecule has 1 atom stereocenters. The first-order valence-corrected chi connectivity index (χ1v) is 9.48. The summed E-state index contributed by atoms with van der Waals surface area (Å²) in [5, 5.41) is 30.5. The Bertz CT molecular complexity index is 744. The van der Waals surface area contributed by atoms with E-state index in [9.17, 15) is 19.6 Å². The maximum absolute atomic E-state index is 12.3. The predicted molar refractivity (Wildman–Crippen MR) is 101 cm³/mol. The second-order valence-electron chi connectivity index (χ2n) is 7.48. The number of hydrogen-bond acceptors (Lipinski definition) is 6. The number of nitriles is 1. The van der Waals surface area contributed by atoms with Gasteiger partial charge in [-0.3, -0.25) is 4.79 Å². The van der Waals surface area contributed by atoms with Crippen LogP contribution < -0.4 is 5.32 Å². The summed E-state index contributed by atoms with van der Waals surface area (Å²) in [6.45, 7) is 0.0338. The number of fused-ring (bicyclic) bond motifs is 2. The Morgan fingerprint density at radius 2 is 2.00 bits per heavy atom. The summed E-state index contributed by atoms with van der Waals surface area (Å²) in [4.78, 5) is 26.3. The molecule has 0 radical (unpaired) electrons. The van der Waals surface area contributed by atoms with E-state index in [1.807, 2.05) is 36.4 Å². The third-order valence-corrected chi connectivity index (χ3v) is 5.69. The zero-order valence-electron chi connectivity index (χ0n) is 15.6. The summed E-state index contributed by atoms with van der Waals surface area (Å²) in [6, 6.07) is 11.2. The molecule has 1 aromatic rings. The van der Waals surface area contributed by atoms with Crippen LogP contribution in [0, 0.1) is 11.3 Å². The number of carbonyl (C=O) groups is 2. The molecule has 1 aromatic carbocycles. The third kappa shape index (κ3) is 4.29. The Labute approximate surface area is 164 Å². The van der Waals surface area contributed by atoms with E-state index in [-0.39, 0.29) is 31.4 Å². The highest BCUT2D eigenvalue weighted by Gasteiger charge is 2.54. The highest BCUT2D eigenvalue weighted by molar-refractivity contribution is 6.43. The van der Waals surface area contributed by atoms with Crippen LogP contribution >= 0.6 is 0 Å². The molecule has 0 aliphatic carbocycles. The summed E-state index contributed by atoms with van der Waals surface area (Å²) in [7, 11) is -1.73. The zero-order valence-corrected chi connectivity index (χ0v) is 15.6. The molecule has 0 unspecified atom stereocenters. The molecule has 3 rings (SSSR count). The standard InChI is InChI=1S/C19H24BN3O5/c21-11-8-17(24)23-15-6-9-19(23,10-7-15)13-28-18(25)22-16(20(26)27)12-14-4-2-1-3-5-14/h1-5,15-16,26-27H,6-10,12-13H2,(H,22,25)/t15?,16-,19?/m0/s1. The lowest BCUT2D eigenvalue weighted by molar-refractivity contribution is -0.135. The van der Waals surface area contributed by atoms with Crippen LogP contribution in [-0.4, -0.2) is 58.2 Å². The number of rotatable bonds is 7. The third-order valence-electron chi connectivity index (χ3n) is 5.69. The normalized spacial score (nSPS) is 23.8. The van der Waals surface area contributed by atoms with Crippen LogP contribution in [0.3, 0.4) is 0 Å². The van der Waals surface area contributed by atoms with Crippen LogP contribution in [-0.2, 0) is 16.0 Å². The van der Waals surface area contributed by atoms with Crippen molar-refractivity contribution in [2.75, 3.05) is 6.61 Å². The largest absolute Gasteiger partial charge is 0.475 e. The molecule has 2 aliphatic heterocycles. The monoisotopic (exact) mass is 385 g/mol. The summed E-state index contributed by atoms with van der Waals surface area (Å²) in [6.07, 6.45) is 2.46. The minimum Gasteiger partial charge on any atom is -0.447 e. The minimum absolute atomic E-state index is 0.0338. The molecular formula is C19H24BN3O5. The molecule has 0 aromatic heterocycles. The van der Waals surface area contributed by atoms with Gasteiger partial charge in [-0.15, -0.1) is 0 Å². The van der Waals surface area contributed by atoms with E-state index in [1.54, 1.807) is 4.90 Å². The van der Waals surface area contributed by atoms with Crippen molar-refractivity contribution < 1.29 is 24.4 Å². The van der Waals surface area contributed by atoms with Crippen molar-refractivity contribution in [3.63, 3.8) is 0 Å². The fraction of sp³-hybridized carbons (Fsp3) is 0.526. The molecule has 8 nitrogen and oxygen atoms in total. The average Bonchev–Trinajstić information content (AvgIpc) is 3.23. The van der Waals surface area contributed by atoms with E-state index in [1.165, 1.54) is 0 Å². The number of nitrogens with one attached hydrogen (secondary N) is 1. The summed E-state index contributed by atoms with van der Waals surface area (Å²) < 4.78 is 5.37. The number of benzene rings is 1. The lowest BCUT2D eigenvalue weighted by atomic mass is 9.76. The molecule has 0 spiro atoms. The highest BCUT2D eigenvalue weighted by atomic mass is 16.6. The van der Waals surface area contributed by atoms with Crippen LogP contribution in [0.1, 0.15) is 37.7 Å². The Morgan fingerprint density at radius 1 is 1.32 bits per heavy atom. The number of ether oxygens (including phenoxy) is 1. The second-order valence-corrected chi connectivity index (χ2v) is 7.48. The van der Waals surface area contributed by atoms with Crippen molar-refractivity contribution in [3.8, 4) is 6.07 Å². The summed E-state index contributed by atoms with van der Waals surface area (Å²) in [5.74, 6) is -1.14. The number of carbonyl (C=O) groups excluding carboxylic acids is 2. The van der Waals surface area contributed by atoms with Crippen LogP contribution in [0.5, 0.6) is 0 Å². The van der Waals surface area contributed by atoms with Crippen molar-refractivity contribution in [2.24, 2.45) is 0 Å². The van der Waals surface area contributed by atoms with Crippen LogP contribution in [0.15, 0.2) is 30.3 Å². The van der Waals surface area contributed by atoms with E-state index in [0.29, 0.717) is 0 Å². The van der Waals surface area contributed by atoms with Crippen LogP contribution in [0.2, 0.25) is 0 Å². The first kappa shape index (κ1) is 20.2. The summed E-state index contributed by atoms with van der Waals surface area (Å²) >= 11 is 0. The van der Waals surface area contributed by atoms with E-state index in [4.69, 9.17) is 10.00 Å². The SMILES string of the molecule is N#CCC(=O)N1C2CCC1(COC(=O)N[C@@H](Cc1ccccc1)B(O)O)CC2. The lowest BCUT2D eigenvalue weighted by Crippen LogP contribution is -2.51. The highest BCUT2D eigenvalue weighted by Crippen LogP contribution is 2.46. The van der Waals surface area contributed by atoms with Gasteiger partial charge in [0.15, 0.2) is 0 Å². The number of amides is 2. The Morgan fingerprint density at radius 3 is 2.61 bits per heavy atom. The van der Waals surface area contributed by atoms with Gasteiger partial charge in [-0.25, -0.2) is 4.79 Å². The quantitative estimate of drug-likeness (QED) is 0.596. The molecule has 2 aliphatic rings. The smallest absolute Gasteiger partial charge is 0.447 e. The van der Waals surface area contributed by atoms with Crippen molar-refractivity contribution >= 4 is 19.1 Å². The molecule has 148 valence electrons. The van der Waals surface area contributed by atoms with Gasteiger partial charge >= 0.3 is 13.2 Å². The minimum atomic E-state index is -1.73.